The Balaban J connectivity index is 1.31. The van der Waals surface area contributed by atoms with Crippen molar-refractivity contribution >= 4 is 11.8 Å². The van der Waals surface area contributed by atoms with Crippen molar-refractivity contribution in [3.05, 3.63) is 35.4 Å². The van der Waals surface area contributed by atoms with Crippen LogP contribution in [0.15, 0.2) is 24.3 Å². The third-order valence-electron chi connectivity index (χ3n) is 7.01. The van der Waals surface area contributed by atoms with Gasteiger partial charge in [-0.05, 0) is 57.2 Å². The van der Waals surface area contributed by atoms with Crippen LogP contribution in [-0.4, -0.2) is 46.8 Å². The van der Waals surface area contributed by atoms with E-state index in [4.69, 9.17) is 0 Å². The van der Waals surface area contributed by atoms with E-state index in [0.717, 1.165) is 31.5 Å². The third-order valence-corrected chi connectivity index (χ3v) is 7.01. The molecule has 1 heterocycles. The van der Waals surface area contributed by atoms with Crippen molar-refractivity contribution in [2.24, 2.45) is 0 Å². The molecule has 0 bridgehead atoms. The summed E-state index contributed by atoms with van der Waals surface area (Å²) in [6, 6.07) is 8.72. The van der Waals surface area contributed by atoms with Crippen molar-refractivity contribution in [3.8, 4) is 0 Å². The first kappa shape index (κ1) is 19.6. The Kier molecular flexibility index (Phi) is 6.46. The molecule has 0 unspecified atom stereocenters. The largest absolute Gasteiger partial charge is 0.297 e. The number of unbranched alkanes of at least 4 members (excludes halogenated alkanes) is 1. The second kappa shape index (κ2) is 9.21. The first-order chi connectivity index (χ1) is 13.8. The first-order valence-corrected chi connectivity index (χ1v) is 11.5. The number of hydrogen-bond donors (Lipinski definition) is 0. The molecule has 4 rings (SSSR count). The van der Waals surface area contributed by atoms with Gasteiger partial charge in [-0.25, -0.2) is 0 Å². The molecule has 2 saturated carbocycles. The molecule has 4 heteroatoms. The van der Waals surface area contributed by atoms with Gasteiger partial charge in [-0.3, -0.25) is 19.4 Å². The Morgan fingerprint density at radius 1 is 0.750 bits per heavy atom. The second-order valence-corrected chi connectivity index (χ2v) is 8.84. The molecule has 2 aliphatic carbocycles. The quantitative estimate of drug-likeness (QED) is 0.490. The molecule has 0 N–H and O–H groups in total. The van der Waals surface area contributed by atoms with Crippen molar-refractivity contribution in [1.82, 2.24) is 9.80 Å². The standard InChI is InChI=1S/C24H34N2O2/c27-23-21-15-7-8-16-22(21)24(28)26(23)18-10-9-17-25(19-11-3-1-4-12-19)20-13-5-2-6-14-20/h7-8,15-16,19-20H,1-6,9-14,17-18H2. The highest BCUT2D eigenvalue weighted by Gasteiger charge is 2.34. The van der Waals surface area contributed by atoms with Crippen LogP contribution in [0.4, 0.5) is 0 Å². The maximum Gasteiger partial charge on any atom is 0.261 e. The van der Waals surface area contributed by atoms with Gasteiger partial charge in [0.05, 0.1) is 11.1 Å². The lowest BCUT2D eigenvalue weighted by Crippen LogP contribution is -2.45. The highest BCUT2D eigenvalue weighted by atomic mass is 16.2. The van der Waals surface area contributed by atoms with E-state index in [1.54, 1.807) is 12.1 Å². The van der Waals surface area contributed by atoms with Gasteiger partial charge < -0.3 is 0 Å². The lowest BCUT2D eigenvalue weighted by Gasteiger charge is -2.42. The fraction of sp³-hybridized carbons (Fsp3) is 0.667. The van der Waals surface area contributed by atoms with E-state index < -0.39 is 0 Å². The molecule has 3 aliphatic rings. The normalized spacial score (nSPS) is 21.5. The molecule has 2 amide bonds. The first-order valence-electron chi connectivity index (χ1n) is 11.5. The number of carbonyl (C=O) groups excluding carboxylic acids is 2. The van der Waals surface area contributed by atoms with Gasteiger partial charge in [0.15, 0.2) is 0 Å². The molecule has 1 aromatic rings. The summed E-state index contributed by atoms with van der Waals surface area (Å²) in [6.07, 6.45) is 15.7. The van der Waals surface area contributed by atoms with Gasteiger partial charge in [0.2, 0.25) is 0 Å². The molecular formula is C24H34N2O2. The van der Waals surface area contributed by atoms with E-state index in [9.17, 15) is 9.59 Å². The maximum atomic E-state index is 12.5. The number of imide groups is 1. The molecule has 1 aromatic carbocycles. The lowest BCUT2D eigenvalue weighted by molar-refractivity contribution is 0.0631. The summed E-state index contributed by atoms with van der Waals surface area (Å²) in [6.45, 7) is 1.67. The van der Waals surface area contributed by atoms with Gasteiger partial charge in [-0.1, -0.05) is 50.7 Å². The number of rotatable bonds is 7. The SMILES string of the molecule is O=C1c2ccccc2C(=O)N1CCCCN(C1CCCCC1)C1CCCCC1. The van der Waals surface area contributed by atoms with Crippen molar-refractivity contribution in [1.29, 1.82) is 0 Å². The van der Waals surface area contributed by atoms with E-state index in [0.29, 0.717) is 17.7 Å². The molecule has 0 radical (unpaired) electrons. The predicted molar refractivity (Wildman–Crippen MR) is 111 cm³/mol. The minimum atomic E-state index is -0.114. The topological polar surface area (TPSA) is 40.6 Å². The molecular weight excluding hydrogens is 348 g/mol. The van der Waals surface area contributed by atoms with Crippen molar-refractivity contribution in [2.75, 3.05) is 13.1 Å². The number of nitrogens with zero attached hydrogens (tertiary/aromatic N) is 2. The predicted octanol–water partition coefficient (Wildman–Crippen LogP) is 5.03. The van der Waals surface area contributed by atoms with Gasteiger partial charge in [-0.2, -0.15) is 0 Å². The highest BCUT2D eigenvalue weighted by molar-refractivity contribution is 6.21. The summed E-state index contributed by atoms with van der Waals surface area (Å²) in [4.78, 5) is 29.3. The van der Waals surface area contributed by atoms with Gasteiger partial charge in [0, 0.05) is 18.6 Å². The number of carbonyl (C=O) groups is 2. The Bertz CT molecular complexity index is 637. The van der Waals surface area contributed by atoms with Crippen LogP contribution in [0.25, 0.3) is 0 Å². The van der Waals surface area contributed by atoms with E-state index in [1.807, 2.05) is 12.1 Å². The Morgan fingerprint density at radius 2 is 1.25 bits per heavy atom. The molecule has 0 atom stereocenters. The van der Waals surface area contributed by atoms with Gasteiger partial charge in [0.1, 0.15) is 0 Å². The summed E-state index contributed by atoms with van der Waals surface area (Å²) in [5.41, 5.74) is 1.14. The van der Waals surface area contributed by atoms with Crippen molar-refractivity contribution < 1.29 is 9.59 Å². The molecule has 0 saturated heterocycles. The van der Waals surface area contributed by atoms with Crippen LogP contribution in [0.1, 0.15) is 97.8 Å². The molecule has 0 aromatic heterocycles. The average molecular weight is 383 g/mol. The molecule has 0 spiro atoms. The minimum Gasteiger partial charge on any atom is -0.297 e. The molecule has 152 valence electrons. The molecule has 2 fully saturated rings. The number of amides is 2. The van der Waals surface area contributed by atoms with Crippen LogP contribution in [0, 0.1) is 0 Å². The number of hydrogen-bond acceptors (Lipinski definition) is 3. The van der Waals surface area contributed by atoms with Crippen LogP contribution in [-0.2, 0) is 0 Å². The Hall–Kier alpha value is -1.68. The van der Waals surface area contributed by atoms with Gasteiger partial charge >= 0.3 is 0 Å². The van der Waals surface area contributed by atoms with Crippen molar-refractivity contribution in [3.63, 3.8) is 0 Å². The summed E-state index contributed by atoms with van der Waals surface area (Å²) < 4.78 is 0. The van der Waals surface area contributed by atoms with Gasteiger partial charge in [-0.15, -0.1) is 0 Å². The van der Waals surface area contributed by atoms with E-state index in [1.165, 1.54) is 69.1 Å². The fourth-order valence-electron chi connectivity index (χ4n) is 5.50. The molecule has 4 nitrogen and oxygen atoms in total. The minimum absolute atomic E-state index is 0.114. The zero-order valence-electron chi connectivity index (χ0n) is 17.1. The van der Waals surface area contributed by atoms with Crippen LogP contribution in [0.3, 0.4) is 0 Å². The summed E-state index contributed by atoms with van der Waals surface area (Å²) >= 11 is 0. The second-order valence-electron chi connectivity index (χ2n) is 8.84. The Morgan fingerprint density at radius 3 is 1.75 bits per heavy atom. The molecule has 28 heavy (non-hydrogen) atoms. The monoisotopic (exact) mass is 382 g/mol. The maximum absolute atomic E-state index is 12.5. The Labute approximate surface area is 169 Å². The van der Waals surface area contributed by atoms with Crippen LogP contribution in [0.5, 0.6) is 0 Å². The zero-order valence-corrected chi connectivity index (χ0v) is 17.1. The number of fused-ring (bicyclic) bond motifs is 1. The molecule has 1 aliphatic heterocycles. The summed E-state index contributed by atoms with van der Waals surface area (Å²) in [7, 11) is 0. The highest BCUT2D eigenvalue weighted by Crippen LogP contribution is 2.30. The number of benzene rings is 1. The zero-order chi connectivity index (χ0) is 19.3. The third kappa shape index (κ3) is 4.17. The fourth-order valence-corrected chi connectivity index (χ4v) is 5.50. The smallest absolute Gasteiger partial charge is 0.261 e. The average Bonchev–Trinajstić information content (AvgIpc) is 3.00. The van der Waals surface area contributed by atoms with Gasteiger partial charge in [0.25, 0.3) is 11.8 Å². The van der Waals surface area contributed by atoms with E-state index >= 15 is 0 Å². The van der Waals surface area contributed by atoms with Crippen LogP contribution in [0.2, 0.25) is 0 Å². The summed E-state index contributed by atoms with van der Waals surface area (Å²) in [5, 5.41) is 0. The summed E-state index contributed by atoms with van der Waals surface area (Å²) in [5.74, 6) is -0.228. The van der Waals surface area contributed by atoms with Crippen LogP contribution < -0.4 is 0 Å². The van der Waals surface area contributed by atoms with E-state index in [2.05, 4.69) is 4.90 Å². The lowest BCUT2D eigenvalue weighted by atomic mass is 9.88. The van der Waals surface area contributed by atoms with Crippen molar-refractivity contribution in [2.45, 2.75) is 89.1 Å². The van der Waals surface area contributed by atoms with E-state index in [-0.39, 0.29) is 11.8 Å². The van der Waals surface area contributed by atoms with Crippen LogP contribution >= 0.6 is 0 Å².